The molecule has 70 valence electrons. The van der Waals surface area contributed by atoms with Crippen molar-refractivity contribution in [3.63, 3.8) is 0 Å². The fraction of sp³-hybridized carbons (Fsp3) is 0.400. The first-order valence-electron chi connectivity index (χ1n) is 4.44. The van der Waals surface area contributed by atoms with Crippen molar-refractivity contribution in [2.24, 2.45) is 0 Å². The van der Waals surface area contributed by atoms with Gasteiger partial charge >= 0.3 is 0 Å². The van der Waals surface area contributed by atoms with Crippen LogP contribution >= 0.6 is 0 Å². The lowest BCUT2D eigenvalue weighted by Crippen LogP contribution is -2.20. The lowest BCUT2D eigenvalue weighted by atomic mass is 10.0. The maximum absolute atomic E-state index is 12.6. The van der Waals surface area contributed by atoms with E-state index in [0.717, 1.165) is 18.5 Å². The molecular weight excluding hydrogens is 169 g/mol. The second-order valence-electron chi connectivity index (χ2n) is 3.34. The summed E-state index contributed by atoms with van der Waals surface area (Å²) in [4.78, 5) is 0. The Bertz CT molecular complexity index is 285. The first kappa shape index (κ1) is 8.66. The van der Waals surface area contributed by atoms with Gasteiger partial charge in [0.2, 0.25) is 0 Å². The molecule has 0 saturated carbocycles. The number of halogens is 1. The van der Waals surface area contributed by atoms with Gasteiger partial charge in [-0.2, -0.15) is 0 Å². The van der Waals surface area contributed by atoms with Gasteiger partial charge < -0.3 is 10.4 Å². The molecule has 0 aliphatic carbocycles. The number of rotatable bonds is 1. The fourth-order valence-electron chi connectivity index (χ4n) is 1.70. The van der Waals surface area contributed by atoms with E-state index in [-0.39, 0.29) is 18.0 Å². The minimum Gasteiger partial charge on any atom is -0.391 e. The summed E-state index contributed by atoms with van der Waals surface area (Å²) < 4.78 is 12.6. The third-order valence-corrected chi connectivity index (χ3v) is 2.42. The third kappa shape index (κ3) is 1.71. The molecule has 2 atom stereocenters. The van der Waals surface area contributed by atoms with Gasteiger partial charge in [-0.05, 0) is 30.7 Å². The summed E-state index contributed by atoms with van der Waals surface area (Å²) in [6.07, 6.45) is 0.424. The molecule has 1 aliphatic heterocycles. The van der Waals surface area contributed by atoms with Crippen LogP contribution in [0.25, 0.3) is 0 Å². The largest absolute Gasteiger partial charge is 0.391 e. The van der Waals surface area contributed by atoms with E-state index in [1.807, 2.05) is 0 Å². The Kier molecular flexibility index (Phi) is 2.29. The maximum atomic E-state index is 12.6. The highest BCUT2D eigenvalue weighted by atomic mass is 19.1. The van der Waals surface area contributed by atoms with Gasteiger partial charge in [-0.25, -0.2) is 4.39 Å². The van der Waals surface area contributed by atoms with Crippen LogP contribution in [0.15, 0.2) is 24.3 Å². The molecule has 0 aromatic heterocycles. The minimum absolute atomic E-state index is 0.0272. The Hall–Kier alpha value is -0.930. The quantitative estimate of drug-likeness (QED) is 0.682. The van der Waals surface area contributed by atoms with E-state index in [2.05, 4.69) is 5.32 Å². The number of aliphatic hydroxyl groups excluding tert-OH is 1. The molecule has 1 aromatic carbocycles. The van der Waals surface area contributed by atoms with E-state index >= 15 is 0 Å². The van der Waals surface area contributed by atoms with Crippen LogP contribution in [0.4, 0.5) is 4.39 Å². The van der Waals surface area contributed by atoms with Crippen LogP contribution in [0.5, 0.6) is 0 Å². The Labute approximate surface area is 76.4 Å². The predicted octanol–water partition coefficient (Wildman–Crippen LogP) is 1.22. The normalized spacial score (nSPS) is 27.8. The van der Waals surface area contributed by atoms with Crippen molar-refractivity contribution in [1.82, 2.24) is 5.32 Å². The van der Waals surface area contributed by atoms with Crippen molar-refractivity contribution in [1.29, 1.82) is 0 Å². The Morgan fingerprint density at radius 3 is 2.54 bits per heavy atom. The lowest BCUT2D eigenvalue weighted by molar-refractivity contribution is 0.160. The molecule has 13 heavy (non-hydrogen) atoms. The number of hydrogen-bond acceptors (Lipinski definition) is 2. The van der Waals surface area contributed by atoms with Gasteiger partial charge in [-0.15, -0.1) is 0 Å². The van der Waals surface area contributed by atoms with Gasteiger partial charge in [0, 0.05) is 0 Å². The SMILES string of the molecule is O[C@H]1CCN[C@H]1c1ccc(F)cc1. The van der Waals surface area contributed by atoms with E-state index in [4.69, 9.17) is 0 Å². The highest BCUT2D eigenvalue weighted by molar-refractivity contribution is 5.22. The second kappa shape index (κ2) is 3.44. The zero-order valence-electron chi connectivity index (χ0n) is 7.20. The van der Waals surface area contributed by atoms with Crippen molar-refractivity contribution in [3.8, 4) is 0 Å². The predicted molar refractivity (Wildman–Crippen MR) is 47.8 cm³/mol. The molecule has 0 unspecified atom stereocenters. The monoisotopic (exact) mass is 181 g/mol. The summed E-state index contributed by atoms with van der Waals surface area (Å²) in [7, 11) is 0. The average Bonchev–Trinajstić information content (AvgIpc) is 2.53. The van der Waals surface area contributed by atoms with Crippen LogP contribution in [-0.4, -0.2) is 17.8 Å². The molecule has 0 amide bonds. The van der Waals surface area contributed by atoms with Gasteiger partial charge in [0.15, 0.2) is 0 Å². The van der Waals surface area contributed by atoms with Crippen molar-refractivity contribution in [2.75, 3.05) is 6.54 Å². The summed E-state index contributed by atoms with van der Waals surface area (Å²) in [5, 5.41) is 12.7. The standard InChI is InChI=1S/C10H12FNO/c11-8-3-1-7(2-4-8)10-9(13)5-6-12-10/h1-4,9-10,12-13H,5-6H2/t9-,10-/m0/s1. The van der Waals surface area contributed by atoms with Crippen molar-refractivity contribution < 1.29 is 9.50 Å². The Morgan fingerprint density at radius 1 is 1.31 bits per heavy atom. The van der Waals surface area contributed by atoms with Crippen LogP contribution in [-0.2, 0) is 0 Å². The summed E-state index contributed by atoms with van der Waals surface area (Å²) in [6, 6.07) is 6.23. The molecule has 0 bridgehead atoms. The molecule has 2 nitrogen and oxygen atoms in total. The maximum Gasteiger partial charge on any atom is 0.123 e. The van der Waals surface area contributed by atoms with E-state index in [9.17, 15) is 9.50 Å². The van der Waals surface area contributed by atoms with Gasteiger partial charge in [0.25, 0.3) is 0 Å². The minimum atomic E-state index is -0.342. The third-order valence-electron chi connectivity index (χ3n) is 2.42. The topological polar surface area (TPSA) is 32.3 Å². The van der Waals surface area contributed by atoms with Crippen LogP contribution in [0.1, 0.15) is 18.0 Å². The second-order valence-corrected chi connectivity index (χ2v) is 3.34. The zero-order chi connectivity index (χ0) is 9.26. The van der Waals surface area contributed by atoms with Crippen molar-refractivity contribution in [2.45, 2.75) is 18.6 Å². The average molecular weight is 181 g/mol. The van der Waals surface area contributed by atoms with Gasteiger partial charge in [-0.3, -0.25) is 0 Å². The van der Waals surface area contributed by atoms with Crippen LogP contribution < -0.4 is 5.32 Å². The number of nitrogens with one attached hydrogen (secondary N) is 1. The Morgan fingerprint density at radius 2 is 2.00 bits per heavy atom. The molecule has 2 rings (SSSR count). The molecule has 0 spiro atoms. The molecule has 3 heteroatoms. The summed E-state index contributed by atoms with van der Waals surface area (Å²) in [5.41, 5.74) is 0.950. The van der Waals surface area contributed by atoms with Gasteiger partial charge in [-0.1, -0.05) is 12.1 Å². The Balaban J connectivity index is 2.20. The van der Waals surface area contributed by atoms with Crippen LogP contribution in [0.3, 0.4) is 0 Å². The van der Waals surface area contributed by atoms with Crippen LogP contribution in [0, 0.1) is 5.82 Å². The number of benzene rings is 1. The summed E-state index contributed by atoms with van der Waals surface area (Å²) in [6.45, 7) is 0.823. The first-order valence-corrected chi connectivity index (χ1v) is 4.44. The molecular formula is C10H12FNO. The fourth-order valence-corrected chi connectivity index (χ4v) is 1.70. The van der Waals surface area contributed by atoms with E-state index in [0.29, 0.717) is 0 Å². The molecule has 1 heterocycles. The highest BCUT2D eigenvalue weighted by Crippen LogP contribution is 2.23. The molecule has 1 aromatic rings. The number of aliphatic hydroxyl groups is 1. The summed E-state index contributed by atoms with van der Waals surface area (Å²) in [5.74, 6) is -0.240. The van der Waals surface area contributed by atoms with E-state index < -0.39 is 0 Å². The van der Waals surface area contributed by atoms with Crippen molar-refractivity contribution >= 4 is 0 Å². The molecule has 1 saturated heterocycles. The number of hydrogen-bond donors (Lipinski definition) is 2. The molecule has 0 radical (unpaired) electrons. The highest BCUT2D eigenvalue weighted by Gasteiger charge is 2.25. The molecule has 1 aliphatic rings. The zero-order valence-corrected chi connectivity index (χ0v) is 7.20. The first-order chi connectivity index (χ1) is 6.27. The van der Waals surface area contributed by atoms with E-state index in [1.165, 1.54) is 12.1 Å². The van der Waals surface area contributed by atoms with Crippen LogP contribution in [0.2, 0.25) is 0 Å². The lowest BCUT2D eigenvalue weighted by Gasteiger charge is -2.14. The molecule has 2 N–H and O–H groups in total. The molecule has 1 fully saturated rings. The van der Waals surface area contributed by atoms with Crippen molar-refractivity contribution in [3.05, 3.63) is 35.6 Å². The summed E-state index contributed by atoms with van der Waals surface area (Å²) >= 11 is 0. The van der Waals surface area contributed by atoms with Gasteiger partial charge in [0.05, 0.1) is 12.1 Å². The smallest absolute Gasteiger partial charge is 0.123 e. The van der Waals surface area contributed by atoms with E-state index in [1.54, 1.807) is 12.1 Å². The van der Waals surface area contributed by atoms with Gasteiger partial charge in [0.1, 0.15) is 5.82 Å².